The number of methoxy groups -OCH3 is 2. The third kappa shape index (κ3) is 4.05. The Morgan fingerprint density at radius 1 is 0.971 bits per heavy atom. The zero-order valence-corrected chi connectivity index (χ0v) is 19.2. The number of halogens is 1. The number of nitrogens with zero attached hydrogens (tertiary/aromatic N) is 5. The molecule has 0 aliphatic heterocycles. The van der Waals surface area contributed by atoms with E-state index in [1.165, 1.54) is 20.3 Å². The highest BCUT2D eigenvalue weighted by atomic mass is 19.1. The van der Waals surface area contributed by atoms with Crippen molar-refractivity contribution in [3.8, 4) is 39.4 Å². The lowest BCUT2D eigenvalue weighted by atomic mass is 10.0. The lowest BCUT2D eigenvalue weighted by Gasteiger charge is -2.10. The summed E-state index contributed by atoms with van der Waals surface area (Å²) in [4.78, 5) is 20.2. The molecule has 1 amide bonds. The van der Waals surface area contributed by atoms with E-state index >= 15 is 0 Å². The zero-order chi connectivity index (χ0) is 24.5. The Labute approximate surface area is 199 Å². The maximum absolute atomic E-state index is 14.0. The number of aryl methyl sites for hydroxylation is 1. The average Bonchev–Trinajstić information content (AvgIpc) is 3.48. The minimum Gasteiger partial charge on any atom is -0.494 e. The summed E-state index contributed by atoms with van der Waals surface area (Å²) in [6.45, 7) is 0. The van der Waals surface area contributed by atoms with E-state index in [4.69, 9.17) is 4.74 Å². The summed E-state index contributed by atoms with van der Waals surface area (Å²) < 4.78 is 27.5. The summed E-state index contributed by atoms with van der Waals surface area (Å²) in [5, 5.41) is 6.97. The molecule has 0 spiro atoms. The minimum atomic E-state index is -0.587. The molecule has 0 saturated carbocycles. The number of aromatic nitrogens is 5. The minimum absolute atomic E-state index is 0.166. The Bertz CT molecular complexity index is 1540. The normalized spacial score (nSPS) is 11.0. The average molecular weight is 472 g/mol. The summed E-state index contributed by atoms with van der Waals surface area (Å²) in [7, 11) is 4.57. The van der Waals surface area contributed by atoms with Gasteiger partial charge in [-0.15, -0.1) is 0 Å². The standard InChI is InChI=1S/C25H21FN6O3/c1-31-24(15-4-7-19(26)21(10-15)34-2)18(12-29-31)17-6-9-23-28-13-20(32(23)14-17)16-5-8-22(27-11-16)30-25(33)35-3/h4-14H,1-3H3,(H,27,30,33). The topological polar surface area (TPSA) is 95.6 Å². The number of imidazole rings is 1. The molecule has 0 saturated heterocycles. The van der Waals surface area contributed by atoms with Gasteiger partial charge in [-0.3, -0.25) is 14.4 Å². The second kappa shape index (κ2) is 8.90. The number of hydrogen-bond acceptors (Lipinski definition) is 6. The van der Waals surface area contributed by atoms with E-state index in [-0.39, 0.29) is 5.75 Å². The van der Waals surface area contributed by atoms with Gasteiger partial charge in [0.15, 0.2) is 11.6 Å². The smallest absolute Gasteiger partial charge is 0.412 e. The van der Waals surface area contributed by atoms with Gasteiger partial charge in [-0.05, 0) is 42.5 Å². The fourth-order valence-electron chi connectivity index (χ4n) is 3.93. The number of nitrogens with one attached hydrogen (secondary N) is 1. The van der Waals surface area contributed by atoms with Crippen LogP contribution in [0.4, 0.5) is 15.0 Å². The molecule has 176 valence electrons. The Balaban J connectivity index is 1.56. The van der Waals surface area contributed by atoms with Gasteiger partial charge >= 0.3 is 6.09 Å². The maximum Gasteiger partial charge on any atom is 0.412 e. The molecule has 10 heteroatoms. The van der Waals surface area contributed by atoms with Crippen molar-refractivity contribution in [2.75, 3.05) is 19.5 Å². The highest BCUT2D eigenvalue weighted by molar-refractivity contribution is 5.84. The van der Waals surface area contributed by atoms with Gasteiger partial charge in [-0.1, -0.05) is 0 Å². The first-order chi connectivity index (χ1) is 17.0. The molecule has 4 aromatic heterocycles. The van der Waals surface area contributed by atoms with Crippen molar-refractivity contribution in [3.05, 3.63) is 73.1 Å². The second-order valence-electron chi connectivity index (χ2n) is 7.72. The quantitative estimate of drug-likeness (QED) is 0.395. The number of ether oxygens (including phenoxy) is 2. The van der Waals surface area contributed by atoms with Gasteiger partial charge in [0.1, 0.15) is 11.5 Å². The molecular formula is C25H21FN6O3. The molecule has 1 aromatic carbocycles. The van der Waals surface area contributed by atoms with Crippen LogP contribution in [0.2, 0.25) is 0 Å². The van der Waals surface area contributed by atoms with Crippen LogP contribution in [0.25, 0.3) is 39.3 Å². The van der Waals surface area contributed by atoms with E-state index in [1.807, 2.05) is 35.8 Å². The molecule has 35 heavy (non-hydrogen) atoms. The highest BCUT2D eigenvalue weighted by Crippen LogP contribution is 2.35. The third-order valence-corrected chi connectivity index (χ3v) is 5.65. The Morgan fingerprint density at radius 3 is 2.51 bits per heavy atom. The van der Waals surface area contributed by atoms with Crippen molar-refractivity contribution in [2.45, 2.75) is 0 Å². The monoisotopic (exact) mass is 472 g/mol. The van der Waals surface area contributed by atoms with Gasteiger partial charge in [-0.25, -0.2) is 19.2 Å². The molecule has 0 unspecified atom stereocenters. The number of carbonyl (C=O) groups excluding carboxylic acids is 1. The van der Waals surface area contributed by atoms with Gasteiger partial charge in [-0.2, -0.15) is 5.10 Å². The molecule has 0 fully saturated rings. The molecule has 0 aliphatic rings. The van der Waals surface area contributed by atoms with Crippen LogP contribution >= 0.6 is 0 Å². The second-order valence-corrected chi connectivity index (χ2v) is 7.72. The summed E-state index contributed by atoms with van der Waals surface area (Å²) in [5.41, 5.74) is 5.78. The van der Waals surface area contributed by atoms with Gasteiger partial charge in [0.2, 0.25) is 0 Å². The number of rotatable bonds is 5. The zero-order valence-electron chi connectivity index (χ0n) is 19.2. The first-order valence-corrected chi connectivity index (χ1v) is 10.6. The number of carbonyl (C=O) groups is 1. The lowest BCUT2D eigenvalue weighted by Crippen LogP contribution is -2.11. The lowest BCUT2D eigenvalue weighted by molar-refractivity contribution is 0.187. The van der Waals surface area contributed by atoms with Crippen LogP contribution in [0.15, 0.2) is 67.3 Å². The number of benzene rings is 1. The molecule has 5 aromatic rings. The Hall–Kier alpha value is -4.73. The van der Waals surface area contributed by atoms with Gasteiger partial charge in [0.25, 0.3) is 0 Å². The predicted octanol–water partition coefficient (Wildman–Crippen LogP) is 4.79. The number of pyridine rings is 2. The van der Waals surface area contributed by atoms with Crippen molar-refractivity contribution >= 4 is 17.6 Å². The van der Waals surface area contributed by atoms with Crippen LogP contribution in [0.5, 0.6) is 5.75 Å². The molecule has 0 radical (unpaired) electrons. The van der Waals surface area contributed by atoms with Crippen molar-refractivity contribution < 1.29 is 18.7 Å². The molecule has 1 N–H and O–H groups in total. The largest absolute Gasteiger partial charge is 0.494 e. The molecule has 5 rings (SSSR count). The van der Waals surface area contributed by atoms with E-state index in [0.29, 0.717) is 5.82 Å². The molecular weight excluding hydrogens is 451 g/mol. The summed E-state index contributed by atoms with van der Waals surface area (Å²) in [6, 6.07) is 12.2. The molecule has 0 aliphatic carbocycles. The van der Waals surface area contributed by atoms with Crippen molar-refractivity contribution in [1.29, 1.82) is 0 Å². The molecule has 0 atom stereocenters. The molecule has 0 bridgehead atoms. The fraction of sp³-hybridized carbons (Fsp3) is 0.120. The van der Waals surface area contributed by atoms with Crippen molar-refractivity contribution in [2.24, 2.45) is 7.05 Å². The Morgan fingerprint density at radius 2 is 1.77 bits per heavy atom. The molecule has 4 heterocycles. The SMILES string of the molecule is COC(=O)Nc1ccc(-c2cnc3ccc(-c4cnn(C)c4-c4ccc(F)c(OC)c4)cn23)cn1. The van der Waals surface area contributed by atoms with Crippen LogP contribution < -0.4 is 10.1 Å². The summed E-state index contributed by atoms with van der Waals surface area (Å²) in [6.07, 6.45) is 6.58. The highest BCUT2D eigenvalue weighted by Gasteiger charge is 2.17. The first kappa shape index (κ1) is 22.1. The predicted molar refractivity (Wildman–Crippen MR) is 129 cm³/mol. The van der Waals surface area contributed by atoms with Crippen molar-refractivity contribution in [1.82, 2.24) is 24.1 Å². The van der Waals surface area contributed by atoms with Crippen LogP contribution in [-0.2, 0) is 11.8 Å². The van der Waals surface area contributed by atoms with E-state index in [2.05, 4.69) is 25.1 Å². The number of anilines is 1. The van der Waals surface area contributed by atoms with Crippen LogP contribution in [0, 0.1) is 5.82 Å². The van der Waals surface area contributed by atoms with E-state index in [1.54, 1.807) is 41.5 Å². The van der Waals surface area contributed by atoms with E-state index < -0.39 is 11.9 Å². The number of hydrogen-bond donors (Lipinski definition) is 1. The fourth-order valence-corrected chi connectivity index (χ4v) is 3.93. The van der Waals surface area contributed by atoms with E-state index in [0.717, 1.165) is 39.3 Å². The van der Waals surface area contributed by atoms with Gasteiger partial charge in [0, 0.05) is 41.7 Å². The van der Waals surface area contributed by atoms with Crippen LogP contribution in [0.1, 0.15) is 0 Å². The first-order valence-electron chi connectivity index (χ1n) is 10.6. The van der Waals surface area contributed by atoms with Crippen LogP contribution in [0.3, 0.4) is 0 Å². The van der Waals surface area contributed by atoms with Crippen molar-refractivity contribution in [3.63, 3.8) is 0 Å². The number of fused-ring (bicyclic) bond motifs is 1. The van der Waals surface area contributed by atoms with Gasteiger partial charge in [0.05, 0.1) is 38.0 Å². The van der Waals surface area contributed by atoms with E-state index in [9.17, 15) is 9.18 Å². The van der Waals surface area contributed by atoms with Crippen LogP contribution in [-0.4, -0.2) is 44.5 Å². The summed E-state index contributed by atoms with van der Waals surface area (Å²) >= 11 is 0. The molecule has 9 nitrogen and oxygen atoms in total. The Kier molecular flexibility index (Phi) is 5.61. The number of amides is 1. The summed E-state index contributed by atoms with van der Waals surface area (Å²) in [5.74, 6) is 0.121. The maximum atomic E-state index is 14.0. The third-order valence-electron chi connectivity index (χ3n) is 5.65. The van der Waals surface area contributed by atoms with Gasteiger partial charge < -0.3 is 9.47 Å².